The van der Waals surface area contributed by atoms with Crippen LogP contribution >= 0.6 is 0 Å². The Morgan fingerprint density at radius 2 is 1.25 bits per heavy atom. The standard InChI is InChI=1S/C.O2S/c;1-3-2. The summed E-state index contributed by atoms with van der Waals surface area (Å²) >= 11 is -0.750. The second-order valence-corrected chi connectivity index (χ2v) is 0.204. The van der Waals surface area contributed by atoms with Crippen molar-refractivity contribution in [2.75, 3.05) is 0 Å². The number of hydrogen-bond acceptors (Lipinski definition) is 2. The van der Waals surface area contributed by atoms with Crippen molar-refractivity contribution in [3.8, 4) is 0 Å². The number of hydrogen-bond donors (Lipinski definition) is 0. The molecule has 0 aliphatic carbocycles. The van der Waals surface area contributed by atoms with Gasteiger partial charge in [0.25, 0.3) is 0 Å². The molecule has 0 bridgehead atoms. The summed E-state index contributed by atoms with van der Waals surface area (Å²) in [5, 5.41) is 0. The van der Waals surface area contributed by atoms with E-state index in [0.717, 1.165) is 0 Å². The van der Waals surface area contributed by atoms with Crippen LogP contribution < -0.4 is 0 Å². The van der Waals surface area contributed by atoms with E-state index in [1.54, 1.807) is 0 Å². The lowest BCUT2D eigenvalue weighted by molar-refractivity contribution is 0.630. The molecule has 3 heteroatoms. The Bertz CT molecular complexity index is 27.0. The van der Waals surface area contributed by atoms with E-state index in [1.807, 2.05) is 0 Å². The van der Waals surface area contributed by atoms with Gasteiger partial charge in [-0.25, -0.2) is 0 Å². The molecule has 0 rings (SSSR count). The monoisotopic (exact) mass is 76.0 g/mol. The van der Waals surface area contributed by atoms with Crippen LogP contribution in [0.1, 0.15) is 0 Å². The van der Waals surface area contributed by atoms with E-state index in [-0.39, 0.29) is 7.43 Å². The predicted molar refractivity (Wildman–Crippen MR) is 12.2 cm³/mol. The molecule has 0 spiro atoms. The summed E-state index contributed by atoms with van der Waals surface area (Å²) in [4.78, 5) is 0. The van der Waals surface area contributed by atoms with Crippen LogP contribution in [0.3, 0.4) is 0 Å². The fourth-order valence-electron chi connectivity index (χ4n) is 0. The Hall–Kier alpha value is -0.180. The van der Waals surface area contributed by atoms with Crippen LogP contribution in [-0.2, 0) is 11.6 Å². The van der Waals surface area contributed by atoms with Crippen molar-refractivity contribution in [2.24, 2.45) is 0 Å². The summed E-state index contributed by atoms with van der Waals surface area (Å²) in [6, 6.07) is 0. The highest BCUT2D eigenvalue weighted by molar-refractivity contribution is 7.51. The molecule has 4 heavy (non-hydrogen) atoms. The Labute approximate surface area is 28.4 Å². The molecule has 0 aromatic carbocycles. The molecule has 0 aliphatic rings. The van der Waals surface area contributed by atoms with E-state index in [9.17, 15) is 0 Å². The molecule has 0 aliphatic heterocycles. The van der Waals surface area contributed by atoms with Crippen LogP contribution in [0.4, 0.5) is 0 Å². The molecule has 0 saturated heterocycles. The van der Waals surface area contributed by atoms with E-state index in [1.165, 1.54) is 0 Å². The summed E-state index contributed by atoms with van der Waals surface area (Å²) < 4.78 is 16.6. The third kappa shape index (κ3) is 37.8. The summed E-state index contributed by atoms with van der Waals surface area (Å²) in [7, 11) is 0. The first kappa shape index (κ1) is 9.17. The molecule has 0 aromatic rings. The molecule has 0 unspecified atom stereocenters. The molecular weight excluding hydrogens is 76.1 g/mol. The van der Waals surface area contributed by atoms with Gasteiger partial charge in [-0.15, -0.1) is 0 Å². The first-order valence-corrected chi connectivity index (χ1v) is 1.00. The van der Waals surface area contributed by atoms with Gasteiger partial charge in [0.05, 0.1) is 0 Å². The summed E-state index contributed by atoms with van der Waals surface area (Å²) in [5.74, 6) is 0. The van der Waals surface area contributed by atoms with Crippen molar-refractivity contribution >= 4 is 11.6 Å². The van der Waals surface area contributed by atoms with Crippen LogP contribution in [0, 0.1) is 7.43 Å². The average molecular weight is 76.1 g/mol. The first-order chi connectivity index (χ1) is 1.41. The maximum absolute atomic E-state index is 8.29. The van der Waals surface area contributed by atoms with Gasteiger partial charge in [-0.3, -0.25) is 0 Å². The van der Waals surface area contributed by atoms with Gasteiger partial charge >= 0.3 is 11.6 Å². The molecule has 0 amide bonds. The molecule has 0 N–H and O–H groups in total. The molecular formula is CO2S. The lowest BCUT2D eigenvalue weighted by Crippen LogP contribution is -1.18. The van der Waals surface area contributed by atoms with E-state index < -0.39 is 11.6 Å². The molecule has 2 nitrogen and oxygen atoms in total. The van der Waals surface area contributed by atoms with E-state index in [4.69, 9.17) is 8.42 Å². The first-order valence-electron chi connectivity index (χ1n) is 0.333. The van der Waals surface area contributed by atoms with Gasteiger partial charge < -0.3 is 0 Å². The third-order valence-corrected chi connectivity index (χ3v) is 0. The fraction of sp³-hybridized carbons (Fsp3) is 0. The van der Waals surface area contributed by atoms with E-state index in [0.29, 0.717) is 0 Å². The minimum absolute atomic E-state index is 0. The molecule has 0 saturated carbocycles. The number of rotatable bonds is 0. The van der Waals surface area contributed by atoms with Crippen molar-refractivity contribution < 1.29 is 8.42 Å². The quantitative estimate of drug-likeness (QED) is 0.386. The van der Waals surface area contributed by atoms with Gasteiger partial charge in [-0.05, 0) is 0 Å². The van der Waals surface area contributed by atoms with Crippen molar-refractivity contribution in [3.63, 3.8) is 0 Å². The van der Waals surface area contributed by atoms with Gasteiger partial charge in [0.15, 0.2) is 0 Å². The summed E-state index contributed by atoms with van der Waals surface area (Å²) in [6.07, 6.45) is 0. The highest BCUT2D eigenvalue weighted by Gasteiger charge is 1.12. The lowest BCUT2D eigenvalue weighted by atomic mass is 12.0. The minimum Gasteiger partial charge on any atom is -0.168 e. The van der Waals surface area contributed by atoms with Crippen molar-refractivity contribution in [3.05, 3.63) is 7.43 Å². The van der Waals surface area contributed by atoms with Gasteiger partial charge in [-0.1, -0.05) is 0 Å². The Morgan fingerprint density at radius 1 is 1.25 bits per heavy atom. The Morgan fingerprint density at radius 3 is 1.25 bits per heavy atom. The average Bonchev–Trinajstić information content (AvgIpc) is 0.918. The SMILES string of the molecule is O=S=O.[C]. The van der Waals surface area contributed by atoms with Crippen molar-refractivity contribution in [1.82, 2.24) is 0 Å². The molecule has 4 radical (unpaired) electrons. The molecule has 0 atom stereocenters. The summed E-state index contributed by atoms with van der Waals surface area (Å²) in [6.45, 7) is 0. The topological polar surface area (TPSA) is 34.1 Å². The second kappa shape index (κ2) is 13.9. The Balaban J connectivity index is 0. The molecule has 22 valence electrons. The van der Waals surface area contributed by atoms with Crippen LogP contribution in [0.2, 0.25) is 0 Å². The highest BCUT2D eigenvalue weighted by atomic mass is 32.1. The summed E-state index contributed by atoms with van der Waals surface area (Å²) in [5.41, 5.74) is 0. The fourth-order valence-corrected chi connectivity index (χ4v) is 0. The zero-order valence-electron chi connectivity index (χ0n) is 1.72. The minimum atomic E-state index is -0.750. The smallest absolute Gasteiger partial charge is 0.168 e. The van der Waals surface area contributed by atoms with E-state index in [2.05, 4.69) is 0 Å². The van der Waals surface area contributed by atoms with Gasteiger partial charge in [0.1, 0.15) is 0 Å². The normalized spacial score (nSPS) is 3.00. The zero-order valence-corrected chi connectivity index (χ0v) is 2.54. The lowest BCUT2D eigenvalue weighted by Gasteiger charge is -0.947. The van der Waals surface area contributed by atoms with Crippen molar-refractivity contribution in [2.45, 2.75) is 0 Å². The zero-order chi connectivity index (χ0) is 2.71. The van der Waals surface area contributed by atoms with E-state index >= 15 is 0 Å². The van der Waals surface area contributed by atoms with Crippen molar-refractivity contribution in [1.29, 1.82) is 0 Å². The predicted octanol–water partition coefficient (Wildman–Crippen LogP) is -0.589. The largest absolute Gasteiger partial charge is 0.335 e. The maximum atomic E-state index is 8.29. The Kier molecular flexibility index (Phi) is 31.9. The molecule has 0 aromatic heterocycles. The maximum Gasteiger partial charge on any atom is 0.335 e. The third-order valence-electron chi connectivity index (χ3n) is 0. The molecule has 0 fully saturated rings. The van der Waals surface area contributed by atoms with Gasteiger partial charge in [0.2, 0.25) is 0 Å². The van der Waals surface area contributed by atoms with Crippen LogP contribution in [0.15, 0.2) is 0 Å². The van der Waals surface area contributed by atoms with Crippen LogP contribution in [0.25, 0.3) is 0 Å². The molecule has 0 heterocycles. The van der Waals surface area contributed by atoms with Gasteiger partial charge in [0, 0.05) is 7.43 Å². The second-order valence-electron chi connectivity index (χ2n) is 0.0680. The van der Waals surface area contributed by atoms with Crippen LogP contribution in [0.5, 0.6) is 0 Å². The van der Waals surface area contributed by atoms with Crippen LogP contribution in [-0.4, -0.2) is 8.42 Å². The highest BCUT2D eigenvalue weighted by Crippen LogP contribution is 0.846. The van der Waals surface area contributed by atoms with Gasteiger partial charge in [-0.2, -0.15) is 8.42 Å².